The molecule has 7 rings (SSSR count). The van der Waals surface area contributed by atoms with Gasteiger partial charge in [-0.2, -0.15) is 0 Å². The van der Waals surface area contributed by atoms with Crippen molar-refractivity contribution in [2.24, 2.45) is 0 Å². The maximum Gasteiger partial charge on any atom is 0.374 e. The molecule has 1 fully saturated rings. The van der Waals surface area contributed by atoms with E-state index < -0.39 is 128 Å². The van der Waals surface area contributed by atoms with Crippen LogP contribution in [0.1, 0.15) is 61.8 Å². The summed E-state index contributed by atoms with van der Waals surface area (Å²) in [7, 11) is 3.58. The molecule has 0 saturated carbocycles. The topological polar surface area (TPSA) is 247 Å². The second-order valence-corrected chi connectivity index (χ2v) is 12.1. The average molecular weight is 699 g/mol. The van der Waals surface area contributed by atoms with Crippen LogP contribution in [-0.4, -0.2) is 101 Å². The normalized spacial score (nSPS) is 28.3. The molecule has 50 heavy (non-hydrogen) atoms. The zero-order chi connectivity index (χ0) is 36.0. The minimum Gasteiger partial charge on any atom is -0.507 e. The van der Waals surface area contributed by atoms with Crippen molar-refractivity contribution in [3.8, 4) is 28.7 Å². The first-order valence-electron chi connectivity index (χ1n) is 15.2. The van der Waals surface area contributed by atoms with Crippen molar-refractivity contribution in [3.63, 3.8) is 0 Å². The Morgan fingerprint density at radius 3 is 2.36 bits per heavy atom. The number of carbonyl (C=O) groups is 3. The zero-order valence-electron chi connectivity index (χ0n) is 26.7. The largest absolute Gasteiger partial charge is 0.507 e. The van der Waals surface area contributed by atoms with Gasteiger partial charge in [-0.25, -0.2) is 9.59 Å². The number of phenolic OH excluding ortho intramolecular Hbond substituents is 3. The van der Waals surface area contributed by atoms with Crippen molar-refractivity contribution in [2.75, 3.05) is 21.3 Å². The van der Waals surface area contributed by atoms with Crippen LogP contribution >= 0.6 is 0 Å². The first-order valence-corrected chi connectivity index (χ1v) is 15.2. The average Bonchev–Trinajstić information content (AvgIpc) is 3.40. The highest BCUT2D eigenvalue weighted by Crippen LogP contribution is 2.61. The number of Topliss-reactive ketones (excluding diaryl/α,β-unsaturated/α-hetero) is 1. The van der Waals surface area contributed by atoms with Gasteiger partial charge in [0.05, 0.1) is 43.1 Å². The molecule has 0 amide bonds. The van der Waals surface area contributed by atoms with Crippen LogP contribution in [0.3, 0.4) is 0 Å². The summed E-state index contributed by atoms with van der Waals surface area (Å²) in [4.78, 5) is 51.5. The molecule has 0 bridgehead atoms. The van der Waals surface area contributed by atoms with Crippen molar-refractivity contribution >= 4 is 28.3 Å². The number of ketones is 2. The van der Waals surface area contributed by atoms with Gasteiger partial charge in [0, 0.05) is 31.6 Å². The highest BCUT2D eigenvalue weighted by Gasteiger charge is 2.63. The molecule has 5 N–H and O–H groups in total. The minimum absolute atomic E-state index is 0.0447. The fourth-order valence-electron chi connectivity index (χ4n) is 6.86. The molecular weight excluding hydrogens is 668 g/mol. The van der Waals surface area contributed by atoms with Crippen LogP contribution in [0.4, 0.5) is 0 Å². The predicted octanol–water partition coefficient (Wildman–Crippen LogP) is 1.26. The molecular formula is C33H30O17. The number of hydrogen-bond donors (Lipinski definition) is 5. The summed E-state index contributed by atoms with van der Waals surface area (Å²) in [5.74, 6) is -9.75. The molecule has 4 aliphatic rings. The first-order chi connectivity index (χ1) is 23.8. The molecule has 2 aromatic carbocycles. The summed E-state index contributed by atoms with van der Waals surface area (Å²) in [5.41, 5.74) is -2.68. The van der Waals surface area contributed by atoms with Gasteiger partial charge in [0.15, 0.2) is 46.9 Å². The quantitative estimate of drug-likeness (QED) is 0.186. The molecule has 4 heterocycles. The van der Waals surface area contributed by atoms with Crippen LogP contribution in [0.15, 0.2) is 33.2 Å². The Morgan fingerprint density at radius 2 is 1.68 bits per heavy atom. The number of fused-ring (bicyclic) bond motifs is 4. The smallest absolute Gasteiger partial charge is 0.374 e. The van der Waals surface area contributed by atoms with Crippen molar-refractivity contribution in [3.05, 3.63) is 62.4 Å². The molecule has 0 unspecified atom stereocenters. The monoisotopic (exact) mass is 698 g/mol. The van der Waals surface area contributed by atoms with E-state index in [1.807, 2.05) is 0 Å². The van der Waals surface area contributed by atoms with Gasteiger partial charge in [-0.15, -0.1) is 0 Å². The first kappa shape index (κ1) is 33.3. The Kier molecular flexibility index (Phi) is 7.80. The Balaban J connectivity index is 1.41. The lowest BCUT2D eigenvalue weighted by Gasteiger charge is -2.44. The maximum absolute atomic E-state index is 13.2. The van der Waals surface area contributed by atoms with E-state index in [1.54, 1.807) is 6.92 Å². The lowest BCUT2D eigenvalue weighted by atomic mass is 9.85. The van der Waals surface area contributed by atoms with Crippen LogP contribution in [0.25, 0.3) is 10.8 Å². The van der Waals surface area contributed by atoms with Gasteiger partial charge in [0.1, 0.15) is 23.3 Å². The van der Waals surface area contributed by atoms with E-state index in [0.29, 0.717) is 0 Å². The SMILES string of the molecule is COC(=O)c1cc2cc3c(c(O)c2c(=O)o1)O[C@]1(Oc2c(O)c4c(c(O)c2[C@H]1O[C@H]1C[C@@H](OC)[C@H](O)[C@@H](C)O1)C(=O)C=C(OC)C4=O)[C@H](O)C3. The number of aliphatic hydroxyl groups is 2. The third kappa shape index (κ3) is 4.65. The summed E-state index contributed by atoms with van der Waals surface area (Å²) in [6, 6.07) is 2.52. The number of aromatic hydroxyl groups is 3. The number of benzene rings is 2. The number of phenols is 3. The van der Waals surface area contributed by atoms with Crippen LogP contribution in [0, 0.1) is 0 Å². The Labute approximate surface area is 280 Å². The minimum atomic E-state index is -2.50. The molecule has 0 radical (unpaired) electrons. The zero-order valence-corrected chi connectivity index (χ0v) is 26.7. The summed E-state index contributed by atoms with van der Waals surface area (Å²) < 4.78 is 44.5. The van der Waals surface area contributed by atoms with Crippen molar-refractivity contribution in [1.29, 1.82) is 0 Å². The number of methoxy groups -OCH3 is 3. The van der Waals surface area contributed by atoms with Gasteiger partial charge in [-0.1, -0.05) is 0 Å². The molecule has 1 saturated heterocycles. The van der Waals surface area contributed by atoms with E-state index in [-0.39, 0.29) is 23.8 Å². The van der Waals surface area contributed by atoms with E-state index in [1.165, 1.54) is 13.2 Å². The van der Waals surface area contributed by atoms with Gasteiger partial charge in [-0.05, 0) is 24.4 Å². The van der Waals surface area contributed by atoms with Gasteiger partial charge in [-0.3, -0.25) is 9.59 Å². The molecule has 1 aliphatic carbocycles. The van der Waals surface area contributed by atoms with Crippen LogP contribution in [-0.2, 0) is 30.1 Å². The molecule has 7 atom stereocenters. The Bertz CT molecular complexity index is 2080. The van der Waals surface area contributed by atoms with Crippen molar-refractivity contribution in [2.45, 2.75) is 62.4 Å². The summed E-state index contributed by atoms with van der Waals surface area (Å²) in [5, 5.41) is 56.5. The van der Waals surface area contributed by atoms with Crippen molar-refractivity contribution in [1.82, 2.24) is 0 Å². The maximum atomic E-state index is 13.2. The number of aliphatic hydroxyl groups excluding tert-OH is 2. The fraction of sp³-hybridized carbons (Fsp3) is 0.394. The van der Waals surface area contributed by atoms with E-state index in [2.05, 4.69) is 4.74 Å². The number of rotatable bonds is 5. The molecule has 3 aromatic rings. The fourth-order valence-corrected chi connectivity index (χ4v) is 6.86. The molecule has 3 aliphatic heterocycles. The second kappa shape index (κ2) is 11.7. The van der Waals surface area contributed by atoms with Crippen LogP contribution < -0.4 is 15.1 Å². The van der Waals surface area contributed by atoms with Gasteiger partial charge in [0.25, 0.3) is 0 Å². The van der Waals surface area contributed by atoms with Crippen LogP contribution in [0.5, 0.6) is 28.7 Å². The lowest BCUT2D eigenvalue weighted by Crippen LogP contribution is -2.59. The standard InChI is InChI=1S/C33H30O17/c1-10-23(36)15(44-3)9-18(46-10)48-30-22-25(38)20-13(34)8-14(43-2)24(37)21(20)27(40)29(22)50-33(30)17(35)7-12-5-11-6-16(31(41)45-4)47-32(42)19(11)26(39)28(12)49-33/h5-6,8,10,15,17-18,23,30,35-36,38-40H,7,9H2,1-4H3/t10-,15-,17-,18+,23-,30-,33+/m1/s1. The van der Waals surface area contributed by atoms with E-state index in [4.69, 9.17) is 32.8 Å². The second-order valence-electron chi connectivity index (χ2n) is 12.1. The molecule has 17 heteroatoms. The van der Waals surface area contributed by atoms with E-state index in [0.717, 1.165) is 26.4 Å². The molecule has 1 spiro atoms. The Hall–Kier alpha value is -5.20. The third-order valence-corrected chi connectivity index (χ3v) is 9.33. The van der Waals surface area contributed by atoms with Crippen LogP contribution in [0.2, 0.25) is 0 Å². The summed E-state index contributed by atoms with van der Waals surface area (Å²) in [6.07, 6.45) is -7.15. The summed E-state index contributed by atoms with van der Waals surface area (Å²) in [6.45, 7) is 1.55. The van der Waals surface area contributed by atoms with Gasteiger partial charge in [0.2, 0.25) is 11.5 Å². The highest BCUT2D eigenvalue weighted by atomic mass is 16.8. The number of esters is 1. The van der Waals surface area contributed by atoms with E-state index in [9.17, 15) is 44.7 Å². The van der Waals surface area contributed by atoms with E-state index >= 15 is 0 Å². The van der Waals surface area contributed by atoms with Gasteiger partial charge >= 0.3 is 17.4 Å². The number of hydrogen-bond acceptors (Lipinski definition) is 17. The molecule has 264 valence electrons. The summed E-state index contributed by atoms with van der Waals surface area (Å²) >= 11 is 0. The molecule has 1 aromatic heterocycles. The highest BCUT2D eigenvalue weighted by molar-refractivity contribution is 6.26. The Morgan fingerprint density at radius 1 is 0.960 bits per heavy atom. The number of ether oxygens (including phenoxy) is 7. The third-order valence-electron chi connectivity index (χ3n) is 9.33. The molecule has 17 nitrogen and oxygen atoms in total. The number of allylic oxidation sites excluding steroid dienone is 2. The lowest BCUT2D eigenvalue weighted by molar-refractivity contribution is -0.313. The predicted molar refractivity (Wildman–Crippen MR) is 162 cm³/mol. The van der Waals surface area contributed by atoms with Crippen molar-refractivity contribution < 1.29 is 77.5 Å². The number of carbonyl (C=O) groups excluding carboxylic acids is 3. The van der Waals surface area contributed by atoms with Gasteiger partial charge < -0.3 is 63.1 Å².